The van der Waals surface area contributed by atoms with Crippen molar-refractivity contribution in [1.82, 2.24) is 10.6 Å². The molecule has 0 saturated carbocycles. The second-order valence-electron chi connectivity index (χ2n) is 6.08. The summed E-state index contributed by atoms with van der Waals surface area (Å²) >= 11 is 0. The Bertz CT molecular complexity index is 456. The van der Waals surface area contributed by atoms with Gasteiger partial charge in [0.1, 0.15) is 0 Å². The molecule has 4 rings (SSSR count). The van der Waals surface area contributed by atoms with Gasteiger partial charge in [-0.25, -0.2) is 0 Å². The number of nitrogens with one attached hydrogen (secondary N) is 2. The topological polar surface area (TPSA) is 33.3 Å². The molecule has 19 heavy (non-hydrogen) atoms. The highest BCUT2D eigenvalue weighted by Gasteiger charge is 2.42. The molecule has 0 bridgehead atoms. The molecular formula is C16H22N2O. The molecule has 3 heteroatoms. The molecule has 2 unspecified atom stereocenters. The summed E-state index contributed by atoms with van der Waals surface area (Å²) < 4.78 is 5.73. The summed E-state index contributed by atoms with van der Waals surface area (Å²) in [5.41, 5.74) is 3.08. The van der Waals surface area contributed by atoms with E-state index in [1.165, 1.54) is 18.4 Å². The Balaban J connectivity index is 1.53. The molecule has 2 aliphatic heterocycles. The third-order valence-electron chi connectivity index (χ3n) is 5.01. The molecule has 0 spiro atoms. The maximum Gasteiger partial charge on any atom is 0.0700 e. The van der Waals surface area contributed by atoms with Gasteiger partial charge < -0.3 is 15.4 Å². The van der Waals surface area contributed by atoms with Crippen molar-refractivity contribution < 1.29 is 4.74 Å². The molecule has 0 aromatic heterocycles. The predicted octanol–water partition coefficient (Wildman–Crippen LogP) is 1.81. The minimum absolute atomic E-state index is 0.431. The molecule has 2 fully saturated rings. The minimum atomic E-state index is 0.431. The lowest BCUT2D eigenvalue weighted by molar-refractivity contribution is 0.105. The molecule has 4 atom stereocenters. The first kappa shape index (κ1) is 11.9. The lowest BCUT2D eigenvalue weighted by Crippen LogP contribution is -2.33. The number of rotatable bonds is 3. The molecule has 1 aliphatic carbocycles. The molecule has 2 N–H and O–H groups in total. The Hall–Kier alpha value is -0.900. The highest BCUT2D eigenvalue weighted by atomic mass is 16.5. The van der Waals surface area contributed by atoms with Crippen LogP contribution in [-0.4, -0.2) is 32.3 Å². The van der Waals surface area contributed by atoms with Gasteiger partial charge in [-0.3, -0.25) is 0 Å². The molecule has 0 radical (unpaired) electrons. The number of hydrogen-bond acceptors (Lipinski definition) is 3. The van der Waals surface area contributed by atoms with Gasteiger partial charge in [-0.15, -0.1) is 0 Å². The van der Waals surface area contributed by atoms with Crippen LogP contribution in [-0.2, 0) is 4.74 Å². The van der Waals surface area contributed by atoms with Crippen LogP contribution in [0.2, 0.25) is 0 Å². The van der Waals surface area contributed by atoms with Crippen LogP contribution in [0, 0.1) is 5.92 Å². The van der Waals surface area contributed by atoms with E-state index in [0.717, 1.165) is 32.2 Å². The van der Waals surface area contributed by atoms with Gasteiger partial charge in [-0.05, 0) is 29.9 Å². The minimum Gasteiger partial charge on any atom is -0.377 e. The number of fused-ring (bicyclic) bond motifs is 3. The zero-order valence-electron chi connectivity index (χ0n) is 11.3. The highest BCUT2D eigenvalue weighted by Crippen LogP contribution is 2.46. The van der Waals surface area contributed by atoms with E-state index in [4.69, 9.17) is 4.74 Å². The fraction of sp³-hybridized carbons (Fsp3) is 0.625. The van der Waals surface area contributed by atoms with Crippen molar-refractivity contribution >= 4 is 0 Å². The van der Waals surface area contributed by atoms with E-state index in [1.54, 1.807) is 5.56 Å². The average Bonchev–Trinajstić information content (AvgIpc) is 3.14. The quantitative estimate of drug-likeness (QED) is 0.867. The van der Waals surface area contributed by atoms with Crippen LogP contribution < -0.4 is 10.6 Å². The molecule has 0 amide bonds. The van der Waals surface area contributed by atoms with Gasteiger partial charge in [0.2, 0.25) is 0 Å². The smallest absolute Gasteiger partial charge is 0.0700 e. The number of hydrogen-bond donors (Lipinski definition) is 2. The second kappa shape index (κ2) is 4.89. The van der Waals surface area contributed by atoms with E-state index < -0.39 is 0 Å². The van der Waals surface area contributed by atoms with Crippen LogP contribution in [0.5, 0.6) is 0 Å². The summed E-state index contributed by atoms with van der Waals surface area (Å²) in [6.07, 6.45) is 2.87. The Morgan fingerprint density at radius 3 is 2.95 bits per heavy atom. The molecule has 1 aromatic carbocycles. The second-order valence-corrected chi connectivity index (χ2v) is 6.08. The van der Waals surface area contributed by atoms with E-state index in [-0.39, 0.29) is 0 Å². The first-order valence-electron chi connectivity index (χ1n) is 7.58. The van der Waals surface area contributed by atoms with E-state index >= 15 is 0 Å². The number of ether oxygens (including phenoxy) is 1. The number of benzene rings is 1. The highest BCUT2D eigenvalue weighted by molar-refractivity contribution is 5.41. The maximum atomic E-state index is 5.73. The summed E-state index contributed by atoms with van der Waals surface area (Å²) in [6.45, 7) is 4.23. The van der Waals surface area contributed by atoms with Gasteiger partial charge in [0.25, 0.3) is 0 Å². The maximum absolute atomic E-state index is 5.73. The Kier molecular flexibility index (Phi) is 3.06. The van der Waals surface area contributed by atoms with Crippen LogP contribution in [0.1, 0.15) is 35.9 Å². The summed E-state index contributed by atoms with van der Waals surface area (Å²) in [5.74, 6) is 1.43. The Morgan fingerprint density at radius 1 is 1.21 bits per heavy atom. The average molecular weight is 258 g/mol. The van der Waals surface area contributed by atoms with Gasteiger partial charge in [0.05, 0.1) is 6.10 Å². The SMILES string of the molecule is c1ccc2c(c1)C(NCC1CCCO1)[C@H]1CNC[C@@H]21. The fourth-order valence-electron chi connectivity index (χ4n) is 4.08. The summed E-state index contributed by atoms with van der Waals surface area (Å²) in [4.78, 5) is 0. The lowest BCUT2D eigenvalue weighted by atomic mass is 9.94. The van der Waals surface area contributed by atoms with E-state index in [9.17, 15) is 0 Å². The molecule has 2 heterocycles. The van der Waals surface area contributed by atoms with Crippen molar-refractivity contribution in [1.29, 1.82) is 0 Å². The van der Waals surface area contributed by atoms with Crippen LogP contribution in [0.15, 0.2) is 24.3 Å². The van der Waals surface area contributed by atoms with Crippen LogP contribution >= 0.6 is 0 Å². The molecule has 3 nitrogen and oxygen atoms in total. The van der Waals surface area contributed by atoms with E-state index in [1.807, 2.05) is 0 Å². The molecule has 1 aromatic rings. The lowest BCUT2D eigenvalue weighted by Gasteiger charge is -2.22. The van der Waals surface area contributed by atoms with Gasteiger partial charge >= 0.3 is 0 Å². The van der Waals surface area contributed by atoms with Crippen molar-refractivity contribution in [3.8, 4) is 0 Å². The van der Waals surface area contributed by atoms with Crippen molar-refractivity contribution in [2.75, 3.05) is 26.2 Å². The molecule has 3 aliphatic rings. The monoisotopic (exact) mass is 258 g/mol. The Labute approximate surface area is 114 Å². The van der Waals surface area contributed by atoms with Crippen molar-refractivity contribution in [2.45, 2.75) is 30.9 Å². The van der Waals surface area contributed by atoms with Gasteiger partial charge in [0, 0.05) is 38.2 Å². The van der Waals surface area contributed by atoms with Crippen LogP contribution in [0.3, 0.4) is 0 Å². The zero-order valence-corrected chi connectivity index (χ0v) is 11.3. The van der Waals surface area contributed by atoms with Crippen LogP contribution in [0.25, 0.3) is 0 Å². The third kappa shape index (κ3) is 2.00. The molecule has 102 valence electrons. The largest absolute Gasteiger partial charge is 0.377 e. The standard InChI is InChI=1S/C16H22N2O/c1-2-6-13-12(5-1)14-9-17-10-15(14)16(13)18-8-11-4-3-7-19-11/h1-2,5-6,11,14-18H,3-4,7-10H2/t11?,14-,15-,16?/m0/s1. The zero-order chi connectivity index (χ0) is 12.7. The van der Waals surface area contributed by atoms with Crippen molar-refractivity contribution in [3.05, 3.63) is 35.4 Å². The predicted molar refractivity (Wildman–Crippen MR) is 75.3 cm³/mol. The molecular weight excluding hydrogens is 236 g/mol. The normalized spacial score (nSPS) is 36.4. The Morgan fingerprint density at radius 2 is 2.11 bits per heavy atom. The van der Waals surface area contributed by atoms with Gasteiger partial charge in [-0.2, -0.15) is 0 Å². The summed E-state index contributed by atoms with van der Waals surface area (Å²) in [5, 5.41) is 7.34. The first-order valence-corrected chi connectivity index (χ1v) is 7.58. The summed E-state index contributed by atoms with van der Waals surface area (Å²) in [6, 6.07) is 9.49. The van der Waals surface area contributed by atoms with E-state index in [0.29, 0.717) is 18.1 Å². The summed E-state index contributed by atoms with van der Waals surface area (Å²) in [7, 11) is 0. The van der Waals surface area contributed by atoms with Gasteiger partial charge in [-0.1, -0.05) is 24.3 Å². The van der Waals surface area contributed by atoms with Crippen molar-refractivity contribution in [2.24, 2.45) is 5.92 Å². The van der Waals surface area contributed by atoms with E-state index in [2.05, 4.69) is 34.9 Å². The van der Waals surface area contributed by atoms with Gasteiger partial charge in [0.15, 0.2) is 0 Å². The van der Waals surface area contributed by atoms with Crippen LogP contribution in [0.4, 0.5) is 0 Å². The fourth-order valence-corrected chi connectivity index (χ4v) is 4.08. The molecule has 2 saturated heterocycles. The first-order chi connectivity index (χ1) is 9.43. The van der Waals surface area contributed by atoms with Crippen molar-refractivity contribution in [3.63, 3.8) is 0 Å². The third-order valence-corrected chi connectivity index (χ3v) is 5.01.